The summed E-state index contributed by atoms with van der Waals surface area (Å²) in [5.41, 5.74) is 8.06. The zero-order valence-corrected chi connectivity index (χ0v) is 13.2. The third-order valence-corrected chi connectivity index (χ3v) is 4.07. The van der Waals surface area contributed by atoms with E-state index in [0.29, 0.717) is 6.04 Å². The quantitative estimate of drug-likeness (QED) is 0.826. The van der Waals surface area contributed by atoms with Crippen LogP contribution in [0.3, 0.4) is 0 Å². The van der Waals surface area contributed by atoms with Gasteiger partial charge in [0.1, 0.15) is 0 Å². The van der Waals surface area contributed by atoms with E-state index < -0.39 is 0 Å². The Bertz CT molecular complexity index is 581. The predicted molar refractivity (Wildman–Crippen MR) is 88.2 cm³/mol. The van der Waals surface area contributed by atoms with Gasteiger partial charge in [0.25, 0.3) is 0 Å². The summed E-state index contributed by atoms with van der Waals surface area (Å²) >= 11 is 0. The molecule has 0 aliphatic carbocycles. The Hall–Kier alpha value is -1.60. The van der Waals surface area contributed by atoms with Crippen molar-refractivity contribution in [2.45, 2.75) is 40.7 Å². The van der Waals surface area contributed by atoms with E-state index in [1.165, 1.54) is 33.4 Å². The molecule has 0 saturated carbocycles. The average molecular weight is 267 g/mol. The molecule has 2 aromatic carbocycles. The second-order valence-corrected chi connectivity index (χ2v) is 5.65. The molecule has 1 N–H and O–H groups in total. The molecule has 0 radical (unpaired) electrons. The van der Waals surface area contributed by atoms with Gasteiger partial charge in [-0.25, -0.2) is 0 Å². The molecule has 0 aliphatic heterocycles. The average Bonchev–Trinajstić information content (AvgIpc) is 2.43. The fraction of sp³-hybridized carbons (Fsp3) is 0.368. The summed E-state index contributed by atoms with van der Waals surface area (Å²) in [5, 5.41) is 3.45. The monoisotopic (exact) mass is 267 g/mol. The van der Waals surface area contributed by atoms with Gasteiger partial charge in [-0.15, -0.1) is 0 Å². The standard InChI is InChI=1S/C19H25N/c1-6-20-16(5)17-7-9-18(10-8-17)19-12-14(3)13(2)11-15(19)4/h7-12,16,20H,6H2,1-5H3. The largest absolute Gasteiger partial charge is 0.310 e. The van der Waals surface area contributed by atoms with E-state index in [-0.39, 0.29) is 0 Å². The molecule has 0 bridgehead atoms. The Kier molecular flexibility index (Phi) is 4.61. The molecule has 106 valence electrons. The Morgan fingerprint density at radius 3 is 2.10 bits per heavy atom. The molecular formula is C19H25N. The molecule has 2 rings (SSSR count). The van der Waals surface area contributed by atoms with Crippen LogP contribution in [0.15, 0.2) is 36.4 Å². The van der Waals surface area contributed by atoms with Gasteiger partial charge in [0, 0.05) is 6.04 Å². The summed E-state index contributed by atoms with van der Waals surface area (Å²) in [4.78, 5) is 0. The summed E-state index contributed by atoms with van der Waals surface area (Å²) < 4.78 is 0. The van der Waals surface area contributed by atoms with Gasteiger partial charge in [-0.2, -0.15) is 0 Å². The lowest BCUT2D eigenvalue weighted by atomic mass is 9.94. The summed E-state index contributed by atoms with van der Waals surface area (Å²) in [7, 11) is 0. The van der Waals surface area contributed by atoms with Crippen LogP contribution in [0.2, 0.25) is 0 Å². The smallest absolute Gasteiger partial charge is 0.0291 e. The molecule has 2 aromatic rings. The van der Waals surface area contributed by atoms with Gasteiger partial charge in [0.05, 0.1) is 0 Å². The first-order valence-electron chi connectivity index (χ1n) is 7.44. The number of aryl methyl sites for hydroxylation is 3. The van der Waals surface area contributed by atoms with E-state index in [1.54, 1.807) is 0 Å². The van der Waals surface area contributed by atoms with Crippen LogP contribution in [0.1, 0.15) is 42.1 Å². The highest BCUT2D eigenvalue weighted by Crippen LogP contribution is 2.27. The summed E-state index contributed by atoms with van der Waals surface area (Å²) in [6.45, 7) is 11.9. The predicted octanol–water partition coefficient (Wildman–Crippen LogP) is 4.95. The number of nitrogens with one attached hydrogen (secondary N) is 1. The highest BCUT2D eigenvalue weighted by Gasteiger charge is 2.07. The van der Waals surface area contributed by atoms with E-state index in [9.17, 15) is 0 Å². The minimum atomic E-state index is 0.412. The Morgan fingerprint density at radius 1 is 0.900 bits per heavy atom. The number of benzene rings is 2. The van der Waals surface area contributed by atoms with Crippen molar-refractivity contribution in [1.82, 2.24) is 5.32 Å². The van der Waals surface area contributed by atoms with Crippen molar-refractivity contribution in [3.63, 3.8) is 0 Å². The SMILES string of the molecule is CCNC(C)c1ccc(-c2cc(C)c(C)cc2C)cc1. The van der Waals surface area contributed by atoms with Crippen LogP contribution in [0.25, 0.3) is 11.1 Å². The lowest BCUT2D eigenvalue weighted by Gasteiger charge is -2.14. The summed E-state index contributed by atoms with van der Waals surface area (Å²) in [6.07, 6.45) is 0. The van der Waals surface area contributed by atoms with Crippen molar-refractivity contribution in [2.24, 2.45) is 0 Å². The topological polar surface area (TPSA) is 12.0 Å². The molecule has 0 aromatic heterocycles. The van der Waals surface area contributed by atoms with Gasteiger partial charge in [0.15, 0.2) is 0 Å². The molecule has 1 nitrogen and oxygen atoms in total. The zero-order valence-electron chi connectivity index (χ0n) is 13.2. The van der Waals surface area contributed by atoms with Crippen molar-refractivity contribution in [2.75, 3.05) is 6.54 Å². The van der Waals surface area contributed by atoms with Crippen LogP contribution in [-0.2, 0) is 0 Å². The molecule has 0 fully saturated rings. The van der Waals surface area contributed by atoms with Gasteiger partial charge in [-0.1, -0.05) is 43.3 Å². The van der Waals surface area contributed by atoms with Gasteiger partial charge < -0.3 is 5.32 Å². The number of rotatable bonds is 4. The normalized spacial score (nSPS) is 12.4. The van der Waals surface area contributed by atoms with Crippen LogP contribution in [-0.4, -0.2) is 6.54 Å². The van der Waals surface area contributed by atoms with Crippen molar-refractivity contribution >= 4 is 0 Å². The van der Waals surface area contributed by atoms with Crippen molar-refractivity contribution in [3.05, 3.63) is 58.7 Å². The van der Waals surface area contributed by atoms with Gasteiger partial charge in [-0.3, -0.25) is 0 Å². The molecule has 1 unspecified atom stereocenters. The van der Waals surface area contributed by atoms with Crippen LogP contribution >= 0.6 is 0 Å². The van der Waals surface area contributed by atoms with Crippen molar-refractivity contribution in [1.29, 1.82) is 0 Å². The maximum atomic E-state index is 3.45. The minimum Gasteiger partial charge on any atom is -0.310 e. The van der Waals surface area contributed by atoms with E-state index in [4.69, 9.17) is 0 Å². The Labute approximate surface area is 123 Å². The highest BCUT2D eigenvalue weighted by atomic mass is 14.9. The van der Waals surface area contributed by atoms with Gasteiger partial charge >= 0.3 is 0 Å². The molecule has 0 amide bonds. The maximum absolute atomic E-state index is 3.45. The lowest BCUT2D eigenvalue weighted by Crippen LogP contribution is -2.17. The summed E-state index contributed by atoms with van der Waals surface area (Å²) in [6, 6.07) is 13.9. The molecule has 1 atom stereocenters. The maximum Gasteiger partial charge on any atom is 0.0291 e. The van der Waals surface area contributed by atoms with Crippen molar-refractivity contribution < 1.29 is 0 Å². The lowest BCUT2D eigenvalue weighted by molar-refractivity contribution is 0.598. The van der Waals surface area contributed by atoms with E-state index in [1.807, 2.05) is 0 Å². The fourth-order valence-electron chi connectivity index (χ4n) is 2.65. The molecule has 0 heterocycles. The van der Waals surface area contributed by atoms with E-state index in [2.05, 4.69) is 76.3 Å². The number of hydrogen-bond donors (Lipinski definition) is 1. The minimum absolute atomic E-state index is 0.412. The van der Waals surface area contributed by atoms with Crippen LogP contribution in [0.5, 0.6) is 0 Å². The number of hydrogen-bond acceptors (Lipinski definition) is 1. The first-order chi connectivity index (χ1) is 9.52. The third-order valence-electron chi connectivity index (χ3n) is 4.07. The van der Waals surface area contributed by atoms with E-state index >= 15 is 0 Å². The van der Waals surface area contributed by atoms with Gasteiger partial charge in [0.2, 0.25) is 0 Å². The second kappa shape index (κ2) is 6.23. The highest BCUT2D eigenvalue weighted by molar-refractivity contribution is 5.69. The van der Waals surface area contributed by atoms with E-state index in [0.717, 1.165) is 6.54 Å². The first kappa shape index (κ1) is 14.8. The third kappa shape index (κ3) is 3.10. The molecule has 20 heavy (non-hydrogen) atoms. The second-order valence-electron chi connectivity index (χ2n) is 5.65. The molecule has 0 spiro atoms. The molecule has 1 heteroatoms. The summed E-state index contributed by atoms with van der Waals surface area (Å²) in [5.74, 6) is 0. The van der Waals surface area contributed by atoms with Crippen LogP contribution in [0, 0.1) is 20.8 Å². The fourth-order valence-corrected chi connectivity index (χ4v) is 2.65. The zero-order chi connectivity index (χ0) is 14.7. The van der Waals surface area contributed by atoms with Crippen molar-refractivity contribution in [3.8, 4) is 11.1 Å². The molecule has 0 aliphatic rings. The molecule has 0 saturated heterocycles. The Balaban J connectivity index is 2.33. The molecular weight excluding hydrogens is 242 g/mol. The van der Waals surface area contributed by atoms with Crippen LogP contribution in [0.4, 0.5) is 0 Å². The Morgan fingerprint density at radius 2 is 1.50 bits per heavy atom. The van der Waals surface area contributed by atoms with Crippen LogP contribution < -0.4 is 5.32 Å². The van der Waals surface area contributed by atoms with Gasteiger partial charge in [-0.05, 0) is 67.6 Å². The first-order valence-corrected chi connectivity index (χ1v) is 7.44.